The van der Waals surface area contributed by atoms with Gasteiger partial charge in [0.2, 0.25) is 0 Å². The van der Waals surface area contributed by atoms with Gasteiger partial charge in [-0.2, -0.15) is 0 Å². The minimum absolute atomic E-state index is 0.00135. The molecule has 0 bridgehead atoms. The van der Waals surface area contributed by atoms with Crippen molar-refractivity contribution < 1.29 is 10.2 Å². The van der Waals surface area contributed by atoms with Gasteiger partial charge >= 0.3 is 0 Å². The lowest BCUT2D eigenvalue weighted by Gasteiger charge is -2.08. The summed E-state index contributed by atoms with van der Waals surface area (Å²) in [6, 6.07) is 3.34. The summed E-state index contributed by atoms with van der Waals surface area (Å²) < 4.78 is 0. The average molecular weight is 250 g/mol. The number of phenolic OH excluding ortho intramolecular Hbond substituents is 2. The molecule has 0 saturated heterocycles. The van der Waals surface area contributed by atoms with E-state index in [4.69, 9.17) is 0 Å². The predicted octanol–water partition coefficient (Wildman–Crippen LogP) is 4.70. The fourth-order valence-corrected chi connectivity index (χ4v) is 2.27. The molecule has 0 aromatic heterocycles. The molecule has 18 heavy (non-hydrogen) atoms. The lowest BCUT2D eigenvalue weighted by molar-refractivity contribution is 0.402. The standard InChI is InChI=1S/C16H26O2/c1-3-4-5-6-7-8-9-10-14-12-16(18)15(17)11-13(14)2/h11-12,17-18H,3-10H2,1-2H3. The van der Waals surface area contributed by atoms with Crippen LogP contribution in [0.15, 0.2) is 12.1 Å². The van der Waals surface area contributed by atoms with Crippen molar-refractivity contribution in [3.8, 4) is 11.5 Å². The molecule has 2 N–H and O–H groups in total. The van der Waals surface area contributed by atoms with E-state index in [0.29, 0.717) is 0 Å². The quantitative estimate of drug-likeness (QED) is 0.518. The second kappa shape index (κ2) is 8.02. The molecule has 0 atom stereocenters. The topological polar surface area (TPSA) is 40.5 Å². The number of benzene rings is 1. The van der Waals surface area contributed by atoms with Gasteiger partial charge in [-0.05, 0) is 43.0 Å². The van der Waals surface area contributed by atoms with Crippen LogP contribution in [0, 0.1) is 6.92 Å². The first kappa shape index (κ1) is 14.9. The number of hydrogen-bond donors (Lipinski definition) is 2. The summed E-state index contributed by atoms with van der Waals surface area (Å²) in [6.45, 7) is 4.22. The summed E-state index contributed by atoms with van der Waals surface area (Å²) >= 11 is 0. The number of hydrogen-bond acceptors (Lipinski definition) is 2. The Labute approximate surface area is 111 Å². The molecule has 0 spiro atoms. The summed E-state index contributed by atoms with van der Waals surface area (Å²) in [5, 5.41) is 18.8. The summed E-state index contributed by atoms with van der Waals surface area (Å²) in [7, 11) is 0. The smallest absolute Gasteiger partial charge is 0.157 e. The molecule has 2 heteroatoms. The number of rotatable bonds is 8. The molecule has 0 unspecified atom stereocenters. The van der Waals surface area contributed by atoms with E-state index in [1.165, 1.54) is 38.5 Å². The van der Waals surface area contributed by atoms with E-state index in [1.807, 2.05) is 6.92 Å². The molecule has 0 saturated carbocycles. The molecule has 1 rings (SSSR count). The molecule has 102 valence electrons. The van der Waals surface area contributed by atoms with E-state index in [2.05, 4.69) is 6.92 Å². The Morgan fingerprint density at radius 1 is 0.833 bits per heavy atom. The highest BCUT2D eigenvalue weighted by Crippen LogP contribution is 2.28. The lowest BCUT2D eigenvalue weighted by Crippen LogP contribution is -1.90. The zero-order valence-electron chi connectivity index (χ0n) is 11.7. The van der Waals surface area contributed by atoms with Crippen molar-refractivity contribution in [3.63, 3.8) is 0 Å². The van der Waals surface area contributed by atoms with Gasteiger partial charge in [-0.25, -0.2) is 0 Å². The molecule has 2 nitrogen and oxygen atoms in total. The molecule has 0 aliphatic heterocycles. The minimum Gasteiger partial charge on any atom is -0.504 e. The highest BCUT2D eigenvalue weighted by molar-refractivity contribution is 5.45. The maximum absolute atomic E-state index is 9.47. The van der Waals surface area contributed by atoms with Crippen molar-refractivity contribution in [1.29, 1.82) is 0 Å². The SMILES string of the molecule is CCCCCCCCCc1cc(O)c(O)cc1C. The Morgan fingerprint density at radius 2 is 1.39 bits per heavy atom. The molecular weight excluding hydrogens is 224 g/mol. The highest BCUT2D eigenvalue weighted by atomic mass is 16.3. The van der Waals surface area contributed by atoms with Gasteiger partial charge in [-0.15, -0.1) is 0 Å². The van der Waals surface area contributed by atoms with Crippen molar-refractivity contribution in [1.82, 2.24) is 0 Å². The van der Waals surface area contributed by atoms with Crippen LogP contribution in [0.5, 0.6) is 11.5 Å². The van der Waals surface area contributed by atoms with Crippen molar-refractivity contribution in [3.05, 3.63) is 23.3 Å². The Bertz CT molecular complexity index is 358. The van der Waals surface area contributed by atoms with Crippen LogP contribution >= 0.6 is 0 Å². The summed E-state index contributed by atoms with van der Waals surface area (Å²) in [6.07, 6.45) is 10.1. The van der Waals surface area contributed by atoms with Crippen molar-refractivity contribution in [2.24, 2.45) is 0 Å². The lowest BCUT2D eigenvalue weighted by atomic mass is 10.0. The summed E-state index contributed by atoms with van der Waals surface area (Å²) in [4.78, 5) is 0. The van der Waals surface area contributed by atoms with Gasteiger partial charge in [0.15, 0.2) is 11.5 Å². The van der Waals surface area contributed by atoms with Crippen LogP contribution in [0.1, 0.15) is 63.0 Å². The van der Waals surface area contributed by atoms with Gasteiger partial charge in [0.1, 0.15) is 0 Å². The van der Waals surface area contributed by atoms with Crippen molar-refractivity contribution >= 4 is 0 Å². The highest BCUT2D eigenvalue weighted by Gasteiger charge is 2.05. The zero-order valence-corrected chi connectivity index (χ0v) is 11.7. The fourth-order valence-electron chi connectivity index (χ4n) is 2.27. The third-order valence-corrected chi connectivity index (χ3v) is 3.48. The number of aryl methyl sites for hydroxylation is 2. The first-order valence-corrected chi connectivity index (χ1v) is 7.16. The molecule has 0 radical (unpaired) electrons. The van der Waals surface area contributed by atoms with Crippen LogP contribution in [0.3, 0.4) is 0 Å². The van der Waals surface area contributed by atoms with Crippen LogP contribution in [0.25, 0.3) is 0 Å². The van der Waals surface area contributed by atoms with Gasteiger partial charge in [0.05, 0.1) is 0 Å². The van der Waals surface area contributed by atoms with E-state index in [-0.39, 0.29) is 11.5 Å². The van der Waals surface area contributed by atoms with Crippen LogP contribution in [-0.2, 0) is 6.42 Å². The molecular formula is C16H26O2. The Morgan fingerprint density at radius 3 is 2.06 bits per heavy atom. The third kappa shape index (κ3) is 4.99. The van der Waals surface area contributed by atoms with E-state index >= 15 is 0 Å². The number of phenols is 2. The average Bonchev–Trinajstić information content (AvgIpc) is 2.34. The van der Waals surface area contributed by atoms with Gasteiger partial charge in [-0.3, -0.25) is 0 Å². The van der Waals surface area contributed by atoms with E-state index in [9.17, 15) is 10.2 Å². The fraction of sp³-hybridized carbons (Fsp3) is 0.625. The van der Waals surface area contributed by atoms with Crippen LogP contribution < -0.4 is 0 Å². The molecule has 0 heterocycles. The minimum atomic E-state index is -0.0178. The molecule has 0 amide bonds. The maximum atomic E-state index is 9.47. The van der Waals surface area contributed by atoms with Crippen molar-refractivity contribution in [2.45, 2.75) is 65.2 Å². The molecule has 0 fully saturated rings. The molecule has 0 aliphatic rings. The molecule has 1 aromatic rings. The van der Waals surface area contributed by atoms with Gasteiger partial charge < -0.3 is 10.2 Å². The summed E-state index contributed by atoms with van der Waals surface area (Å²) in [5.74, 6) is -0.0191. The Balaban J connectivity index is 2.25. The second-order valence-electron chi connectivity index (χ2n) is 5.14. The van der Waals surface area contributed by atoms with E-state index < -0.39 is 0 Å². The molecule has 1 aromatic carbocycles. The Hall–Kier alpha value is -1.18. The van der Waals surface area contributed by atoms with Crippen LogP contribution in [-0.4, -0.2) is 10.2 Å². The number of unbranched alkanes of at least 4 members (excludes halogenated alkanes) is 6. The normalized spacial score (nSPS) is 10.8. The predicted molar refractivity (Wildman–Crippen MR) is 76.2 cm³/mol. The number of aromatic hydroxyl groups is 2. The van der Waals surface area contributed by atoms with Crippen LogP contribution in [0.2, 0.25) is 0 Å². The molecule has 0 aliphatic carbocycles. The second-order valence-corrected chi connectivity index (χ2v) is 5.14. The van der Waals surface area contributed by atoms with Gasteiger partial charge in [0.25, 0.3) is 0 Å². The zero-order chi connectivity index (χ0) is 13.4. The van der Waals surface area contributed by atoms with E-state index in [1.54, 1.807) is 12.1 Å². The first-order valence-electron chi connectivity index (χ1n) is 7.16. The Kier molecular flexibility index (Phi) is 6.63. The van der Waals surface area contributed by atoms with Crippen LogP contribution in [0.4, 0.5) is 0 Å². The monoisotopic (exact) mass is 250 g/mol. The maximum Gasteiger partial charge on any atom is 0.157 e. The summed E-state index contributed by atoms with van der Waals surface area (Å²) in [5.41, 5.74) is 2.22. The van der Waals surface area contributed by atoms with Gasteiger partial charge in [0, 0.05) is 0 Å². The first-order chi connectivity index (χ1) is 8.65. The van der Waals surface area contributed by atoms with Crippen molar-refractivity contribution in [2.75, 3.05) is 0 Å². The third-order valence-electron chi connectivity index (χ3n) is 3.48. The largest absolute Gasteiger partial charge is 0.504 e. The van der Waals surface area contributed by atoms with Gasteiger partial charge in [-0.1, -0.05) is 45.4 Å². The van der Waals surface area contributed by atoms with E-state index in [0.717, 1.165) is 24.0 Å².